The van der Waals surface area contributed by atoms with E-state index in [-0.39, 0.29) is 24.4 Å². The van der Waals surface area contributed by atoms with Crippen molar-refractivity contribution in [1.82, 2.24) is 15.2 Å². The van der Waals surface area contributed by atoms with Gasteiger partial charge in [0.2, 0.25) is 5.88 Å². The minimum Gasteiger partial charge on any atom is -0.497 e. The zero-order valence-corrected chi connectivity index (χ0v) is 22.2. The van der Waals surface area contributed by atoms with Gasteiger partial charge in [-0.2, -0.15) is 0 Å². The number of anilines is 1. The number of pyridine rings is 1. The first-order valence-corrected chi connectivity index (χ1v) is 12.9. The standard InChI is InChI=1S/C29H36N4O5/c1-21(2)37-27-9-5-4-8-26(27)33-17-15-32(16-18-33)20-22(34)19-31-28(35)25-7-6-14-30-29(25)38-24-12-10-23(36-3)11-13-24/h4-14,21-22,34H,15-20H2,1-3H3,(H,31,35). The molecule has 202 valence electrons. The molecule has 0 aliphatic carbocycles. The zero-order chi connectivity index (χ0) is 26.9. The molecule has 0 saturated carbocycles. The Morgan fingerprint density at radius 1 is 1.00 bits per heavy atom. The van der Waals surface area contributed by atoms with Gasteiger partial charge in [0.15, 0.2) is 0 Å². The molecule has 0 bridgehead atoms. The van der Waals surface area contributed by atoms with E-state index in [1.54, 1.807) is 49.7 Å². The van der Waals surface area contributed by atoms with Crippen molar-refractivity contribution < 1.29 is 24.1 Å². The van der Waals surface area contributed by atoms with Crippen LogP contribution in [0, 0.1) is 0 Å². The molecule has 4 rings (SSSR count). The smallest absolute Gasteiger partial charge is 0.256 e. The summed E-state index contributed by atoms with van der Waals surface area (Å²) in [5, 5.41) is 13.4. The number of hydrogen-bond acceptors (Lipinski definition) is 8. The third kappa shape index (κ3) is 7.36. The number of benzene rings is 2. The van der Waals surface area contributed by atoms with Crippen LogP contribution in [0.5, 0.6) is 23.1 Å². The maximum atomic E-state index is 12.9. The van der Waals surface area contributed by atoms with Crippen LogP contribution in [0.3, 0.4) is 0 Å². The van der Waals surface area contributed by atoms with Crippen molar-refractivity contribution in [3.63, 3.8) is 0 Å². The molecule has 0 radical (unpaired) electrons. The van der Waals surface area contributed by atoms with Gasteiger partial charge in [-0.3, -0.25) is 9.69 Å². The van der Waals surface area contributed by atoms with Crippen LogP contribution in [0.15, 0.2) is 66.9 Å². The first kappa shape index (κ1) is 27.2. The van der Waals surface area contributed by atoms with Crippen LogP contribution in [0.4, 0.5) is 5.69 Å². The van der Waals surface area contributed by atoms with Crippen molar-refractivity contribution in [2.45, 2.75) is 26.1 Å². The molecule has 1 atom stereocenters. The van der Waals surface area contributed by atoms with Crippen LogP contribution in [-0.2, 0) is 0 Å². The van der Waals surface area contributed by atoms with Gasteiger partial charge >= 0.3 is 0 Å². The number of carbonyl (C=O) groups excluding carboxylic acids is 1. The predicted octanol–water partition coefficient (Wildman–Crippen LogP) is 3.58. The largest absolute Gasteiger partial charge is 0.497 e. The Kier molecular flexibility index (Phi) is 9.40. The van der Waals surface area contributed by atoms with Crippen LogP contribution in [0.1, 0.15) is 24.2 Å². The van der Waals surface area contributed by atoms with Crippen LogP contribution >= 0.6 is 0 Å². The number of β-amino-alcohol motifs (C(OH)–C–C–N with tert-alkyl or cyclic N) is 1. The summed E-state index contributed by atoms with van der Waals surface area (Å²) in [5.41, 5.74) is 1.39. The van der Waals surface area contributed by atoms with E-state index in [9.17, 15) is 9.90 Å². The van der Waals surface area contributed by atoms with Gasteiger partial charge in [0.25, 0.3) is 5.91 Å². The molecule has 1 fully saturated rings. The molecule has 1 aliphatic heterocycles. The number of ether oxygens (including phenoxy) is 3. The van der Waals surface area contributed by atoms with Crippen molar-refractivity contribution in [1.29, 1.82) is 0 Å². The molecule has 3 aromatic rings. The molecular weight excluding hydrogens is 484 g/mol. The van der Waals surface area contributed by atoms with Crippen molar-refractivity contribution >= 4 is 11.6 Å². The van der Waals surface area contributed by atoms with Crippen LogP contribution in [-0.4, -0.2) is 79.5 Å². The lowest BCUT2D eigenvalue weighted by atomic mass is 10.2. The van der Waals surface area contributed by atoms with Gasteiger partial charge in [-0.15, -0.1) is 0 Å². The van der Waals surface area contributed by atoms with Crippen molar-refractivity contribution in [2.75, 3.05) is 51.3 Å². The Balaban J connectivity index is 1.26. The lowest BCUT2D eigenvalue weighted by Crippen LogP contribution is -2.50. The lowest BCUT2D eigenvalue weighted by molar-refractivity contribution is 0.0849. The molecular formula is C29H36N4O5. The summed E-state index contributed by atoms with van der Waals surface area (Å²) in [7, 11) is 1.59. The predicted molar refractivity (Wildman–Crippen MR) is 147 cm³/mol. The molecule has 9 heteroatoms. The number of carbonyl (C=O) groups is 1. The van der Waals surface area contributed by atoms with E-state index in [2.05, 4.69) is 26.2 Å². The summed E-state index contributed by atoms with van der Waals surface area (Å²) < 4.78 is 17.0. The fourth-order valence-corrected chi connectivity index (χ4v) is 4.31. The molecule has 0 spiro atoms. The highest BCUT2D eigenvalue weighted by Crippen LogP contribution is 2.30. The summed E-state index contributed by atoms with van der Waals surface area (Å²) in [6.07, 6.45) is 0.974. The fraction of sp³-hybridized carbons (Fsp3) is 0.379. The minimum atomic E-state index is -0.704. The van der Waals surface area contributed by atoms with Crippen LogP contribution in [0.2, 0.25) is 0 Å². The summed E-state index contributed by atoms with van der Waals surface area (Å²) in [6, 6.07) is 18.5. The number of rotatable bonds is 11. The van der Waals surface area contributed by atoms with Gasteiger partial charge in [-0.25, -0.2) is 4.98 Å². The Bertz CT molecular complexity index is 1180. The number of nitrogens with zero attached hydrogens (tertiary/aromatic N) is 3. The van der Waals surface area contributed by atoms with E-state index in [4.69, 9.17) is 14.2 Å². The van der Waals surface area contributed by atoms with E-state index in [1.165, 1.54) is 0 Å². The number of methoxy groups -OCH3 is 1. The van der Waals surface area contributed by atoms with Crippen molar-refractivity contribution in [2.24, 2.45) is 0 Å². The fourth-order valence-electron chi connectivity index (χ4n) is 4.31. The number of aliphatic hydroxyl groups is 1. The van der Waals surface area contributed by atoms with Gasteiger partial charge < -0.3 is 29.5 Å². The second-order valence-corrected chi connectivity index (χ2v) is 9.42. The summed E-state index contributed by atoms with van der Waals surface area (Å²) in [4.78, 5) is 21.6. The maximum absolute atomic E-state index is 12.9. The van der Waals surface area contributed by atoms with Gasteiger partial charge in [-0.1, -0.05) is 12.1 Å². The van der Waals surface area contributed by atoms with E-state index < -0.39 is 6.10 Å². The minimum absolute atomic E-state index is 0.111. The highest BCUT2D eigenvalue weighted by molar-refractivity contribution is 5.96. The second-order valence-electron chi connectivity index (χ2n) is 9.42. The monoisotopic (exact) mass is 520 g/mol. The third-order valence-electron chi connectivity index (χ3n) is 6.20. The number of piperazine rings is 1. The Labute approximate surface area is 224 Å². The highest BCUT2D eigenvalue weighted by Gasteiger charge is 2.22. The number of aromatic nitrogens is 1. The molecule has 1 amide bonds. The number of hydrogen-bond donors (Lipinski definition) is 2. The molecule has 2 heterocycles. The number of aliphatic hydroxyl groups excluding tert-OH is 1. The van der Waals surface area contributed by atoms with E-state index in [0.29, 0.717) is 23.6 Å². The van der Waals surface area contributed by atoms with E-state index in [1.807, 2.05) is 32.0 Å². The van der Waals surface area contributed by atoms with Crippen LogP contribution in [0.25, 0.3) is 0 Å². The average Bonchev–Trinajstić information content (AvgIpc) is 2.93. The number of amides is 1. The first-order valence-electron chi connectivity index (χ1n) is 12.9. The second kappa shape index (κ2) is 13.1. The molecule has 1 unspecified atom stereocenters. The summed E-state index contributed by atoms with van der Waals surface area (Å²) in [5.74, 6) is 1.98. The van der Waals surface area contributed by atoms with E-state index in [0.717, 1.165) is 37.6 Å². The summed E-state index contributed by atoms with van der Waals surface area (Å²) >= 11 is 0. The Morgan fingerprint density at radius 2 is 1.71 bits per heavy atom. The molecule has 38 heavy (non-hydrogen) atoms. The third-order valence-corrected chi connectivity index (χ3v) is 6.20. The van der Waals surface area contributed by atoms with Gasteiger partial charge in [0.1, 0.15) is 22.8 Å². The van der Waals surface area contributed by atoms with Crippen molar-refractivity contribution in [3.8, 4) is 23.1 Å². The Morgan fingerprint density at radius 3 is 2.42 bits per heavy atom. The topological polar surface area (TPSA) is 96.4 Å². The average molecular weight is 521 g/mol. The van der Waals surface area contributed by atoms with Gasteiger partial charge in [0.05, 0.1) is 25.0 Å². The molecule has 1 aliphatic rings. The Hall–Kier alpha value is -3.82. The normalized spacial score (nSPS) is 14.7. The maximum Gasteiger partial charge on any atom is 0.256 e. The zero-order valence-electron chi connectivity index (χ0n) is 22.2. The van der Waals surface area contributed by atoms with E-state index >= 15 is 0 Å². The van der Waals surface area contributed by atoms with Gasteiger partial charge in [0, 0.05) is 45.5 Å². The lowest BCUT2D eigenvalue weighted by Gasteiger charge is -2.37. The number of para-hydroxylation sites is 2. The first-order chi connectivity index (χ1) is 18.4. The molecule has 1 aromatic heterocycles. The van der Waals surface area contributed by atoms with Gasteiger partial charge in [-0.05, 0) is 62.4 Å². The quantitative estimate of drug-likeness (QED) is 0.396. The van der Waals surface area contributed by atoms with Crippen LogP contribution < -0.4 is 24.4 Å². The molecule has 2 aromatic carbocycles. The molecule has 1 saturated heterocycles. The summed E-state index contributed by atoms with van der Waals surface area (Å²) in [6.45, 7) is 7.93. The van der Waals surface area contributed by atoms with Crippen molar-refractivity contribution in [3.05, 3.63) is 72.4 Å². The SMILES string of the molecule is COc1ccc(Oc2ncccc2C(=O)NCC(O)CN2CCN(c3ccccc3OC(C)C)CC2)cc1. The highest BCUT2D eigenvalue weighted by atomic mass is 16.5. The number of nitrogens with one attached hydrogen (secondary N) is 1. The molecule has 9 nitrogen and oxygen atoms in total. The molecule has 2 N–H and O–H groups in total.